The molecule has 2 aromatic carbocycles. The van der Waals surface area contributed by atoms with Gasteiger partial charge in [-0.15, -0.1) is 0 Å². The number of rotatable bonds is 5. The van der Waals surface area contributed by atoms with Gasteiger partial charge in [-0.2, -0.15) is 0 Å². The minimum Gasteiger partial charge on any atom is -0.462 e. The number of ether oxygens (including phenoxy) is 1. The van der Waals surface area contributed by atoms with Crippen molar-refractivity contribution in [2.45, 2.75) is 53.0 Å². The van der Waals surface area contributed by atoms with Crippen LogP contribution in [0.5, 0.6) is 0 Å². The third-order valence-corrected chi connectivity index (χ3v) is 9.35. The molecular formula is C28H29NO3S3. The van der Waals surface area contributed by atoms with Crippen molar-refractivity contribution in [3.05, 3.63) is 74.4 Å². The highest BCUT2D eigenvalue weighted by Gasteiger charge is 2.45. The van der Waals surface area contributed by atoms with Crippen LogP contribution in [-0.4, -0.2) is 28.9 Å². The van der Waals surface area contributed by atoms with Crippen LogP contribution in [0.3, 0.4) is 0 Å². The lowest BCUT2D eigenvalue weighted by molar-refractivity contribution is -0.137. The number of hydrogen-bond acceptors (Lipinski definition) is 6. The first-order valence-electron chi connectivity index (χ1n) is 11.8. The number of anilines is 1. The normalized spacial score (nSPS) is 19.1. The number of thiocarbonyl (C=S) groups is 1. The zero-order chi connectivity index (χ0) is 25.3. The van der Waals surface area contributed by atoms with Gasteiger partial charge in [-0.3, -0.25) is 4.79 Å². The molecule has 1 amide bonds. The molecule has 2 aliphatic rings. The van der Waals surface area contributed by atoms with Gasteiger partial charge in [0.1, 0.15) is 4.91 Å². The Bertz CT molecular complexity index is 1260. The van der Waals surface area contributed by atoms with Gasteiger partial charge in [0.25, 0.3) is 0 Å². The van der Waals surface area contributed by atoms with Gasteiger partial charge in [0.05, 0.1) is 26.9 Å². The van der Waals surface area contributed by atoms with Gasteiger partial charge in [-0.1, -0.05) is 85.1 Å². The van der Waals surface area contributed by atoms with Gasteiger partial charge in [-0.05, 0) is 51.3 Å². The molecule has 0 bridgehead atoms. The van der Waals surface area contributed by atoms with Crippen molar-refractivity contribution in [3.63, 3.8) is 0 Å². The SMILES string of the molecule is CCCC(=O)N1c2cc(C)ccc2C(=C2SC(C(=O)OCC)=C(c3ccccc3)S2)C(=S)C1(C)C. The summed E-state index contributed by atoms with van der Waals surface area (Å²) in [5, 5.41) is 0. The molecule has 0 spiro atoms. The summed E-state index contributed by atoms with van der Waals surface area (Å²) in [5.41, 5.74) is 4.07. The van der Waals surface area contributed by atoms with Crippen LogP contribution in [0.25, 0.3) is 10.5 Å². The number of carbonyl (C=O) groups is 2. The summed E-state index contributed by atoms with van der Waals surface area (Å²) < 4.78 is 6.34. The highest BCUT2D eigenvalue weighted by atomic mass is 32.2. The van der Waals surface area contributed by atoms with Gasteiger partial charge >= 0.3 is 5.97 Å². The molecule has 182 valence electrons. The molecule has 0 aliphatic carbocycles. The highest BCUT2D eigenvalue weighted by Crippen LogP contribution is 2.58. The lowest BCUT2D eigenvalue weighted by Crippen LogP contribution is -2.55. The van der Waals surface area contributed by atoms with Gasteiger partial charge in [0.2, 0.25) is 5.91 Å². The van der Waals surface area contributed by atoms with E-state index >= 15 is 0 Å². The predicted octanol–water partition coefficient (Wildman–Crippen LogP) is 7.37. The maximum absolute atomic E-state index is 13.3. The second-order valence-electron chi connectivity index (χ2n) is 9.00. The van der Waals surface area contributed by atoms with Gasteiger partial charge < -0.3 is 9.64 Å². The number of fused-ring (bicyclic) bond motifs is 1. The Balaban J connectivity index is 1.90. The number of aryl methyl sites for hydroxylation is 1. The Morgan fingerprint density at radius 3 is 2.43 bits per heavy atom. The lowest BCUT2D eigenvalue weighted by atomic mass is 9.82. The molecule has 2 aliphatic heterocycles. The van der Waals surface area contributed by atoms with Crippen LogP contribution in [0.4, 0.5) is 5.69 Å². The molecule has 4 nitrogen and oxygen atoms in total. The fraction of sp³-hybridized carbons (Fsp3) is 0.321. The maximum atomic E-state index is 13.3. The molecule has 0 N–H and O–H groups in total. The van der Waals surface area contributed by atoms with E-state index in [1.54, 1.807) is 11.8 Å². The molecule has 0 saturated carbocycles. The molecule has 35 heavy (non-hydrogen) atoms. The number of thioether (sulfide) groups is 2. The van der Waals surface area contributed by atoms with Crippen LogP contribution in [0, 0.1) is 6.92 Å². The highest BCUT2D eigenvalue weighted by molar-refractivity contribution is 8.32. The van der Waals surface area contributed by atoms with E-state index in [2.05, 4.69) is 6.07 Å². The molecule has 7 heteroatoms. The Hall–Kier alpha value is -2.35. The van der Waals surface area contributed by atoms with E-state index in [0.717, 1.165) is 43.5 Å². The minimum atomic E-state index is -0.689. The van der Waals surface area contributed by atoms with Gasteiger partial charge in [-0.25, -0.2) is 4.79 Å². The molecule has 0 fully saturated rings. The Morgan fingerprint density at radius 2 is 1.77 bits per heavy atom. The van der Waals surface area contributed by atoms with Crippen molar-refractivity contribution in [2.24, 2.45) is 0 Å². The molecular weight excluding hydrogens is 495 g/mol. The smallest absolute Gasteiger partial charge is 0.346 e. The Morgan fingerprint density at radius 1 is 1.06 bits per heavy atom. The monoisotopic (exact) mass is 523 g/mol. The van der Waals surface area contributed by atoms with Crippen LogP contribution in [0.1, 0.15) is 57.2 Å². The number of hydrogen-bond donors (Lipinski definition) is 0. The van der Waals surface area contributed by atoms with E-state index in [9.17, 15) is 9.59 Å². The summed E-state index contributed by atoms with van der Waals surface area (Å²) >= 11 is 9.06. The second kappa shape index (κ2) is 10.3. The largest absolute Gasteiger partial charge is 0.462 e. The number of carbonyl (C=O) groups excluding carboxylic acids is 2. The van der Waals surface area contributed by atoms with Crippen LogP contribution in [-0.2, 0) is 14.3 Å². The second-order valence-corrected chi connectivity index (χ2v) is 11.7. The summed E-state index contributed by atoms with van der Waals surface area (Å²) in [6.45, 7) is 10.2. The van der Waals surface area contributed by atoms with Gasteiger partial charge in [0, 0.05) is 22.5 Å². The maximum Gasteiger partial charge on any atom is 0.346 e. The molecule has 2 heterocycles. The number of benzene rings is 2. The minimum absolute atomic E-state index is 0.0674. The van der Waals surface area contributed by atoms with Crippen LogP contribution >= 0.6 is 35.7 Å². The summed E-state index contributed by atoms with van der Waals surface area (Å²) in [6.07, 6.45) is 1.23. The number of esters is 1. The first-order valence-corrected chi connectivity index (χ1v) is 13.8. The van der Waals surface area contributed by atoms with E-state index in [0.29, 0.717) is 22.8 Å². The lowest BCUT2D eigenvalue weighted by Gasteiger charge is -2.45. The molecule has 0 saturated heterocycles. The van der Waals surface area contributed by atoms with Crippen molar-refractivity contribution in [1.29, 1.82) is 0 Å². The molecule has 0 aromatic heterocycles. The zero-order valence-electron chi connectivity index (χ0n) is 20.6. The average Bonchev–Trinajstić information content (AvgIpc) is 3.26. The van der Waals surface area contributed by atoms with Crippen LogP contribution < -0.4 is 4.90 Å². The third-order valence-electron chi connectivity index (χ3n) is 6.02. The van der Waals surface area contributed by atoms with E-state index < -0.39 is 5.54 Å². The quantitative estimate of drug-likeness (QED) is 0.232. The Labute approximate surface area is 221 Å². The summed E-state index contributed by atoms with van der Waals surface area (Å²) in [4.78, 5) is 30.2. The van der Waals surface area contributed by atoms with E-state index in [1.807, 2.05) is 82.0 Å². The molecule has 0 unspecified atom stereocenters. The van der Waals surface area contributed by atoms with E-state index in [-0.39, 0.29) is 11.9 Å². The summed E-state index contributed by atoms with van der Waals surface area (Å²) in [7, 11) is 0. The Kier molecular flexibility index (Phi) is 7.60. The fourth-order valence-electron chi connectivity index (χ4n) is 4.35. The van der Waals surface area contributed by atoms with Gasteiger partial charge in [0.15, 0.2) is 0 Å². The first kappa shape index (κ1) is 25.7. The fourth-order valence-corrected chi connectivity index (χ4v) is 7.49. The van der Waals surface area contributed by atoms with E-state index in [1.165, 1.54) is 11.8 Å². The topological polar surface area (TPSA) is 46.6 Å². The molecule has 0 atom stereocenters. The van der Waals surface area contributed by atoms with Crippen molar-refractivity contribution in [3.8, 4) is 0 Å². The molecule has 2 aromatic rings. The predicted molar refractivity (Wildman–Crippen MR) is 152 cm³/mol. The van der Waals surface area contributed by atoms with E-state index in [4.69, 9.17) is 17.0 Å². The number of amides is 1. The number of nitrogens with zero attached hydrogens (tertiary/aromatic N) is 1. The third kappa shape index (κ3) is 4.74. The summed E-state index contributed by atoms with van der Waals surface area (Å²) in [5.74, 6) is -0.262. The molecule has 4 rings (SSSR count). The van der Waals surface area contributed by atoms with Crippen LogP contribution in [0.15, 0.2) is 57.7 Å². The summed E-state index contributed by atoms with van der Waals surface area (Å²) in [6, 6.07) is 16.0. The first-order chi connectivity index (χ1) is 16.7. The van der Waals surface area contributed by atoms with Crippen molar-refractivity contribution in [2.75, 3.05) is 11.5 Å². The van der Waals surface area contributed by atoms with Crippen LogP contribution in [0.2, 0.25) is 0 Å². The molecule has 0 radical (unpaired) electrons. The standard InChI is InChI=1S/C28H29NO3S3/c1-6-11-21(30)29-20-16-17(3)14-15-19(20)22(25(33)28(29,4)5)27-34-23(18-12-9-8-10-13-18)24(35-27)26(31)32-7-2/h8-10,12-16H,6-7,11H2,1-5H3. The zero-order valence-corrected chi connectivity index (χ0v) is 23.1. The van der Waals surface area contributed by atoms with Crippen molar-refractivity contribution >= 4 is 68.6 Å². The van der Waals surface area contributed by atoms with Crippen molar-refractivity contribution < 1.29 is 14.3 Å². The van der Waals surface area contributed by atoms with Crippen molar-refractivity contribution in [1.82, 2.24) is 0 Å². The average molecular weight is 524 g/mol.